The average Bonchev–Trinajstić information content (AvgIpc) is 2.35. The highest BCUT2D eigenvalue weighted by Crippen LogP contribution is 2.15. The number of nitrogens with zero attached hydrogens (tertiary/aromatic N) is 1. The summed E-state index contributed by atoms with van der Waals surface area (Å²) in [4.78, 5) is 11.7. The summed E-state index contributed by atoms with van der Waals surface area (Å²) in [6, 6.07) is 3.04. The van der Waals surface area contributed by atoms with Crippen LogP contribution in [0, 0.1) is 28.8 Å². The number of carbonyl (C=O) groups is 1. The van der Waals surface area contributed by atoms with Crippen LogP contribution in [0.1, 0.15) is 30.6 Å². The first-order valence-corrected chi connectivity index (χ1v) is 5.21. The molecule has 0 saturated heterocycles. The Kier molecular flexibility index (Phi) is 3.96. The molecule has 1 aromatic carbocycles. The van der Waals surface area contributed by atoms with Crippen LogP contribution in [-0.2, 0) is 0 Å². The molecule has 0 aliphatic carbocycles. The van der Waals surface area contributed by atoms with Crippen LogP contribution in [0.3, 0.4) is 0 Å². The van der Waals surface area contributed by atoms with Crippen molar-refractivity contribution in [2.45, 2.75) is 25.8 Å². The zero-order valence-corrected chi connectivity index (χ0v) is 9.85. The van der Waals surface area contributed by atoms with Crippen molar-refractivity contribution >= 4 is 5.91 Å². The van der Waals surface area contributed by atoms with Crippen LogP contribution in [0.15, 0.2) is 12.1 Å². The fraction of sp³-hybridized carbons (Fsp3) is 0.333. The Morgan fingerprint density at radius 2 is 1.89 bits per heavy atom. The van der Waals surface area contributed by atoms with E-state index in [4.69, 9.17) is 5.26 Å². The minimum absolute atomic E-state index is 0.321. The van der Waals surface area contributed by atoms with Gasteiger partial charge in [-0.2, -0.15) is 5.26 Å². The smallest absolute Gasteiger partial charge is 0.252 e. The standard InChI is InChI=1S/C12H11F3N2O/c1-3-12(2,6-16)17-11(18)7-4-8(13)10(15)9(14)5-7/h4-5H,3H2,1-2H3,(H,17,18). The predicted octanol–water partition coefficient (Wildman–Crippen LogP) is 2.53. The molecule has 1 unspecified atom stereocenters. The molecule has 3 nitrogen and oxygen atoms in total. The second-order valence-corrected chi connectivity index (χ2v) is 4.01. The van der Waals surface area contributed by atoms with E-state index in [2.05, 4.69) is 5.32 Å². The number of nitrogens with one attached hydrogen (secondary N) is 1. The molecule has 0 aromatic heterocycles. The lowest BCUT2D eigenvalue weighted by atomic mass is 10.0. The third-order valence-electron chi connectivity index (χ3n) is 2.59. The van der Waals surface area contributed by atoms with Crippen LogP contribution >= 0.6 is 0 Å². The molecule has 96 valence electrons. The van der Waals surface area contributed by atoms with E-state index in [1.165, 1.54) is 6.92 Å². The van der Waals surface area contributed by atoms with E-state index in [0.717, 1.165) is 0 Å². The van der Waals surface area contributed by atoms with Gasteiger partial charge in [-0.1, -0.05) is 6.92 Å². The zero-order valence-electron chi connectivity index (χ0n) is 9.85. The largest absolute Gasteiger partial charge is 0.334 e. The molecule has 18 heavy (non-hydrogen) atoms. The first kappa shape index (κ1) is 14.0. The number of rotatable bonds is 3. The number of hydrogen-bond donors (Lipinski definition) is 1. The quantitative estimate of drug-likeness (QED) is 0.845. The van der Waals surface area contributed by atoms with Gasteiger partial charge in [0.05, 0.1) is 6.07 Å². The van der Waals surface area contributed by atoms with Crippen molar-refractivity contribution in [2.75, 3.05) is 0 Å². The van der Waals surface area contributed by atoms with Crippen LogP contribution in [0.25, 0.3) is 0 Å². The summed E-state index contributed by atoms with van der Waals surface area (Å²) in [5.74, 6) is -5.37. The third kappa shape index (κ3) is 2.80. The number of hydrogen-bond acceptors (Lipinski definition) is 2. The second kappa shape index (κ2) is 5.08. The molecule has 0 spiro atoms. The number of carbonyl (C=O) groups excluding carboxylic acids is 1. The van der Waals surface area contributed by atoms with Crippen molar-refractivity contribution in [1.29, 1.82) is 5.26 Å². The monoisotopic (exact) mass is 256 g/mol. The highest BCUT2D eigenvalue weighted by atomic mass is 19.2. The van der Waals surface area contributed by atoms with E-state index in [1.807, 2.05) is 6.07 Å². The fourth-order valence-corrected chi connectivity index (χ4v) is 1.20. The molecule has 1 aromatic rings. The SMILES string of the molecule is CCC(C)(C#N)NC(=O)c1cc(F)c(F)c(F)c1. The van der Waals surface area contributed by atoms with Crippen molar-refractivity contribution in [2.24, 2.45) is 0 Å². The highest BCUT2D eigenvalue weighted by molar-refractivity contribution is 5.94. The van der Waals surface area contributed by atoms with Gasteiger partial charge >= 0.3 is 0 Å². The molecule has 0 radical (unpaired) electrons. The lowest BCUT2D eigenvalue weighted by Crippen LogP contribution is -2.44. The average molecular weight is 256 g/mol. The Balaban J connectivity index is 3.03. The van der Waals surface area contributed by atoms with E-state index in [9.17, 15) is 18.0 Å². The topological polar surface area (TPSA) is 52.9 Å². The molecule has 0 aliphatic rings. The first-order chi connectivity index (χ1) is 8.33. The van der Waals surface area contributed by atoms with Gasteiger partial charge in [0.25, 0.3) is 5.91 Å². The van der Waals surface area contributed by atoms with Gasteiger partial charge in [-0.25, -0.2) is 13.2 Å². The van der Waals surface area contributed by atoms with Gasteiger partial charge < -0.3 is 5.32 Å². The number of benzene rings is 1. The molecule has 0 aliphatic heterocycles. The van der Waals surface area contributed by atoms with Crippen LogP contribution < -0.4 is 5.32 Å². The van der Waals surface area contributed by atoms with Crippen LogP contribution in [0.5, 0.6) is 0 Å². The molecule has 0 heterocycles. The summed E-state index contributed by atoms with van der Waals surface area (Å²) >= 11 is 0. The minimum Gasteiger partial charge on any atom is -0.334 e. The molecule has 1 amide bonds. The maximum atomic E-state index is 12.9. The van der Waals surface area contributed by atoms with E-state index in [-0.39, 0.29) is 5.56 Å². The molecule has 0 saturated carbocycles. The van der Waals surface area contributed by atoms with Gasteiger partial charge in [0.2, 0.25) is 0 Å². The molecule has 1 atom stereocenters. The normalized spacial score (nSPS) is 13.6. The molecule has 6 heteroatoms. The Labute approximate surface area is 102 Å². The lowest BCUT2D eigenvalue weighted by Gasteiger charge is -2.21. The highest BCUT2D eigenvalue weighted by Gasteiger charge is 2.25. The predicted molar refractivity (Wildman–Crippen MR) is 58.1 cm³/mol. The Bertz CT molecular complexity index is 502. The second-order valence-electron chi connectivity index (χ2n) is 4.01. The molecular formula is C12H11F3N2O. The summed E-state index contributed by atoms with van der Waals surface area (Å²) < 4.78 is 38.6. The fourth-order valence-electron chi connectivity index (χ4n) is 1.20. The van der Waals surface area contributed by atoms with Crippen molar-refractivity contribution in [3.8, 4) is 6.07 Å². The van der Waals surface area contributed by atoms with Gasteiger partial charge in [0, 0.05) is 5.56 Å². The van der Waals surface area contributed by atoms with Gasteiger partial charge in [0.15, 0.2) is 17.5 Å². The maximum Gasteiger partial charge on any atom is 0.252 e. The summed E-state index contributed by atoms with van der Waals surface area (Å²) in [5.41, 5.74) is -1.51. The van der Waals surface area contributed by atoms with Gasteiger partial charge in [-0.3, -0.25) is 4.79 Å². The number of nitriles is 1. The molecule has 1 N–H and O–H groups in total. The van der Waals surface area contributed by atoms with Crippen LogP contribution in [0.2, 0.25) is 0 Å². The van der Waals surface area contributed by atoms with Crippen molar-refractivity contribution in [1.82, 2.24) is 5.32 Å². The third-order valence-corrected chi connectivity index (χ3v) is 2.59. The first-order valence-electron chi connectivity index (χ1n) is 5.21. The molecule has 1 rings (SSSR count). The molecule has 0 bridgehead atoms. The number of amides is 1. The van der Waals surface area contributed by atoms with Crippen molar-refractivity contribution in [3.63, 3.8) is 0 Å². The van der Waals surface area contributed by atoms with Crippen molar-refractivity contribution in [3.05, 3.63) is 35.1 Å². The zero-order chi connectivity index (χ0) is 13.9. The van der Waals surface area contributed by atoms with Gasteiger partial charge in [-0.05, 0) is 25.5 Å². The van der Waals surface area contributed by atoms with E-state index < -0.39 is 28.9 Å². The van der Waals surface area contributed by atoms with Crippen molar-refractivity contribution < 1.29 is 18.0 Å². The van der Waals surface area contributed by atoms with Crippen LogP contribution in [-0.4, -0.2) is 11.4 Å². The summed E-state index contributed by atoms with van der Waals surface area (Å²) in [6.07, 6.45) is 0.321. The Morgan fingerprint density at radius 1 is 1.39 bits per heavy atom. The van der Waals surface area contributed by atoms with Gasteiger partial charge in [0.1, 0.15) is 5.54 Å². The number of halogens is 3. The molecule has 0 fully saturated rings. The van der Waals surface area contributed by atoms with Gasteiger partial charge in [-0.15, -0.1) is 0 Å². The summed E-state index contributed by atoms with van der Waals surface area (Å²) in [7, 11) is 0. The summed E-state index contributed by atoms with van der Waals surface area (Å²) in [5, 5.41) is 11.2. The van der Waals surface area contributed by atoms with E-state index >= 15 is 0 Å². The Morgan fingerprint density at radius 3 is 2.28 bits per heavy atom. The summed E-state index contributed by atoms with van der Waals surface area (Å²) in [6.45, 7) is 3.15. The maximum absolute atomic E-state index is 12.9. The molecular weight excluding hydrogens is 245 g/mol. The van der Waals surface area contributed by atoms with Crippen LogP contribution in [0.4, 0.5) is 13.2 Å². The van der Waals surface area contributed by atoms with E-state index in [0.29, 0.717) is 18.6 Å². The Hall–Kier alpha value is -2.03. The lowest BCUT2D eigenvalue weighted by molar-refractivity contribution is 0.0922. The minimum atomic E-state index is -1.63. The van der Waals surface area contributed by atoms with E-state index in [1.54, 1.807) is 6.92 Å².